The summed E-state index contributed by atoms with van der Waals surface area (Å²) in [5.41, 5.74) is -1.41. The summed E-state index contributed by atoms with van der Waals surface area (Å²) in [6.45, 7) is 2.38. The molecule has 1 N–H and O–H groups in total. The minimum atomic E-state index is -3.10. The summed E-state index contributed by atoms with van der Waals surface area (Å²) in [5, 5.41) is 0. The van der Waals surface area contributed by atoms with Crippen LogP contribution in [0.4, 0.5) is 4.39 Å². The fraction of sp³-hybridized carbons (Fsp3) is 0.444. The Hall–Kier alpha value is -2.30. The maximum Gasteiger partial charge on any atom is 0.368 e. The molecular weight excluding hydrogens is 422 g/mol. The molecule has 30 heavy (non-hydrogen) atoms. The van der Waals surface area contributed by atoms with Crippen molar-refractivity contribution in [2.24, 2.45) is 0 Å². The average Bonchev–Trinajstić information content (AvgIpc) is 3.14. The van der Waals surface area contributed by atoms with Gasteiger partial charge in [0.1, 0.15) is 18.5 Å². The smallest absolute Gasteiger partial charge is 0.368 e. The summed E-state index contributed by atoms with van der Waals surface area (Å²) in [6.07, 6.45) is -2.37. The van der Waals surface area contributed by atoms with Gasteiger partial charge in [0.25, 0.3) is 11.4 Å². The van der Waals surface area contributed by atoms with E-state index < -0.39 is 56.2 Å². The summed E-state index contributed by atoms with van der Waals surface area (Å²) >= 11 is 0. The Balaban J connectivity index is 1.54. The van der Waals surface area contributed by atoms with Crippen LogP contribution in [-0.2, 0) is 23.3 Å². The van der Waals surface area contributed by atoms with Gasteiger partial charge in [-0.05, 0) is 26.0 Å². The maximum atomic E-state index is 15.7. The van der Waals surface area contributed by atoms with Crippen LogP contribution in [0.3, 0.4) is 0 Å². The number of nitrogens with one attached hydrogen (secondary N) is 1. The first kappa shape index (κ1) is 21.0. The molecule has 0 saturated carbocycles. The van der Waals surface area contributed by atoms with Crippen LogP contribution in [0.2, 0.25) is 0 Å². The molecule has 2 aliphatic rings. The number of halogens is 1. The normalized spacial score (nSPS) is 30.7. The highest BCUT2D eigenvalue weighted by atomic mass is 31.1. The van der Waals surface area contributed by atoms with Crippen molar-refractivity contribution in [3.8, 4) is 5.75 Å². The number of hydrogen-bond donors (Lipinski definition) is 1. The quantitative estimate of drug-likeness (QED) is 0.673. The zero-order valence-electron chi connectivity index (χ0n) is 16.1. The minimum absolute atomic E-state index is 0.304. The van der Waals surface area contributed by atoms with Gasteiger partial charge in [0, 0.05) is 12.3 Å². The van der Waals surface area contributed by atoms with Gasteiger partial charge in [-0.2, -0.15) is 0 Å². The van der Waals surface area contributed by atoms with Gasteiger partial charge in [0.2, 0.25) is 0 Å². The maximum absolute atomic E-state index is 15.7. The molecule has 1 aromatic heterocycles. The molecule has 0 amide bonds. The first-order valence-corrected chi connectivity index (χ1v) is 10.3. The van der Waals surface area contributed by atoms with Gasteiger partial charge >= 0.3 is 13.9 Å². The van der Waals surface area contributed by atoms with E-state index in [4.69, 9.17) is 23.3 Å². The van der Waals surface area contributed by atoms with Crippen molar-refractivity contribution in [1.29, 1.82) is 0 Å². The second kappa shape index (κ2) is 7.75. The van der Waals surface area contributed by atoms with E-state index >= 15 is 4.39 Å². The lowest BCUT2D eigenvalue weighted by Crippen LogP contribution is -2.42. The highest BCUT2D eigenvalue weighted by Crippen LogP contribution is 2.49. The summed E-state index contributed by atoms with van der Waals surface area (Å²) in [7, 11) is -3.10. The molecule has 3 heterocycles. The fourth-order valence-electron chi connectivity index (χ4n) is 3.40. The van der Waals surface area contributed by atoms with Crippen molar-refractivity contribution in [1.82, 2.24) is 9.55 Å². The van der Waals surface area contributed by atoms with Crippen molar-refractivity contribution < 1.29 is 32.2 Å². The lowest BCUT2D eigenvalue weighted by molar-refractivity contribution is -0.263. The third kappa shape index (κ3) is 4.12. The third-order valence-electron chi connectivity index (χ3n) is 4.61. The fourth-order valence-corrected chi connectivity index (χ4v) is 4.10. The molecule has 4 rings (SSSR count). The van der Waals surface area contributed by atoms with Gasteiger partial charge in [0.15, 0.2) is 18.1 Å². The third-order valence-corrected chi connectivity index (χ3v) is 5.39. The molecule has 2 saturated heterocycles. The summed E-state index contributed by atoms with van der Waals surface area (Å²) in [4.78, 5) is 25.6. The molecule has 2 aromatic rings. The summed E-state index contributed by atoms with van der Waals surface area (Å²) < 4.78 is 55.9. The van der Waals surface area contributed by atoms with Gasteiger partial charge in [-0.15, -0.1) is 0 Å². The standard InChI is InChI=1S/C18H20FN2O8P/c1-17(2)26-13-14(27-17)18(19,10-25-30(24)29-11-6-4-3-5-7-11)28-15(13)21-9-8-12(22)20-16(21)23/h3-9,13-15,30H,10H2,1-2H3,(H,20,22,23)/t13?,14?,15?,18-/m1/s1. The first-order chi connectivity index (χ1) is 14.2. The van der Waals surface area contributed by atoms with Crippen LogP contribution in [0.25, 0.3) is 0 Å². The van der Waals surface area contributed by atoms with E-state index in [1.54, 1.807) is 44.2 Å². The molecule has 0 spiro atoms. The predicted molar refractivity (Wildman–Crippen MR) is 101 cm³/mol. The number of para-hydroxylation sites is 1. The Morgan fingerprint density at radius 3 is 2.60 bits per heavy atom. The average molecular weight is 442 g/mol. The molecule has 162 valence electrons. The van der Waals surface area contributed by atoms with E-state index in [0.717, 1.165) is 10.6 Å². The van der Waals surface area contributed by atoms with Gasteiger partial charge in [-0.3, -0.25) is 18.9 Å². The molecule has 1 aromatic carbocycles. The molecule has 2 fully saturated rings. The predicted octanol–water partition coefficient (Wildman–Crippen LogP) is 1.74. The van der Waals surface area contributed by atoms with Crippen molar-refractivity contribution >= 4 is 8.25 Å². The Labute approximate surface area is 170 Å². The van der Waals surface area contributed by atoms with E-state index in [1.807, 2.05) is 0 Å². The molecule has 0 aliphatic carbocycles. The number of nitrogens with zero attached hydrogens (tertiary/aromatic N) is 1. The molecular formula is C18H20FN2O8P. The zero-order chi connectivity index (χ0) is 21.5. The SMILES string of the molecule is CC1(C)OC2C(n3ccc(=O)[nH]c3=O)O[C@](F)(CO[PH](=O)Oc3ccccc3)C2O1. The van der Waals surface area contributed by atoms with E-state index in [2.05, 4.69) is 4.98 Å². The van der Waals surface area contributed by atoms with E-state index in [9.17, 15) is 14.2 Å². The Bertz CT molecular complexity index is 1060. The second-order valence-electron chi connectivity index (χ2n) is 7.29. The van der Waals surface area contributed by atoms with E-state index in [-0.39, 0.29) is 0 Å². The Kier molecular flexibility index (Phi) is 5.41. The first-order valence-electron chi connectivity index (χ1n) is 9.10. The van der Waals surface area contributed by atoms with Gasteiger partial charge in [-0.1, -0.05) is 18.2 Å². The molecule has 0 radical (unpaired) electrons. The molecule has 12 heteroatoms. The lowest BCUT2D eigenvalue weighted by Gasteiger charge is -2.28. The number of rotatable bonds is 6. The second-order valence-corrected chi connectivity index (χ2v) is 8.28. The molecule has 5 atom stereocenters. The highest BCUT2D eigenvalue weighted by Gasteiger charge is 2.65. The highest BCUT2D eigenvalue weighted by molar-refractivity contribution is 7.33. The van der Waals surface area contributed by atoms with Crippen LogP contribution < -0.4 is 15.8 Å². The van der Waals surface area contributed by atoms with Crippen LogP contribution in [0.5, 0.6) is 5.75 Å². The number of hydrogen-bond acceptors (Lipinski definition) is 8. The largest absolute Gasteiger partial charge is 0.426 e. The summed E-state index contributed by atoms with van der Waals surface area (Å²) in [6, 6.07) is 9.38. The molecule has 4 unspecified atom stereocenters. The van der Waals surface area contributed by atoms with Gasteiger partial charge in [0.05, 0.1) is 0 Å². The number of ether oxygens (including phenoxy) is 3. The van der Waals surface area contributed by atoms with E-state index in [1.165, 1.54) is 6.20 Å². The number of H-pyrrole nitrogens is 1. The number of alkyl halides is 1. The van der Waals surface area contributed by atoms with Crippen molar-refractivity contribution in [3.05, 3.63) is 63.4 Å². The van der Waals surface area contributed by atoms with Crippen LogP contribution in [0.15, 0.2) is 52.2 Å². The van der Waals surface area contributed by atoms with Crippen LogP contribution >= 0.6 is 8.25 Å². The van der Waals surface area contributed by atoms with Crippen LogP contribution in [-0.4, -0.2) is 40.0 Å². The van der Waals surface area contributed by atoms with Crippen LogP contribution in [0, 0.1) is 0 Å². The Morgan fingerprint density at radius 2 is 1.90 bits per heavy atom. The van der Waals surface area contributed by atoms with Crippen LogP contribution in [0.1, 0.15) is 20.1 Å². The number of aromatic amines is 1. The van der Waals surface area contributed by atoms with Crippen molar-refractivity contribution in [3.63, 3.8) is 0 Å². The van der Waals surface area contributed by atoms with Gasteiger partial charge in [-0.25, -0.2) is 13.8 Å². The topological polar surface area (TPSA) is 118 Å². The molecule has 0 bridgehead atoms. The van der Waals surface area contributed by atoms with Crippen molar-refractivity contribution in [2.75, 3.05) is 6.61 Å². The van der Waals surface area contributed by atoms with E-state index in [0.29, 0.717) is 5.75 Å². The van der Waals surface area contributed by atoms with Gasteiger partial charge < -0.3 is 18.7 Å². The number of aromatic nitrogens is 2. The monoisotopic (exact) mass is 442 g/mol. The molecule has 2 aliphatic heterocycles. The summed E-state index contributed by atoms with van der Waals surface area (Å²) in [5.74, 6) is -3.44. The number of fused-ring (bicyclic) bond motifs is 1. The van der Waals surface area contributed by atoms with Crippen molar-refractivity contribution in [2.45, 2.75) is 43.9 Å². The number of benzene rings is 1. The Morgan fingerprint density at radius 1 is 1.17 bits per heavy atom. The minimum Gasteiger partial charge on any atom is -0.426 e. The lowest BCUT2D eigenvalue weighted by atomic mass is 10.1. The molecule has 10 nitrogen and oxygen atoms in total. The zero-order valence-corrected chi connectivity index (χ0v) is 17.1.